The standard InChI is InChI=1S/C40H52O2/c1-29(17-13-19-31(3)21-23-37-33(5)25-35(41)27-39(37,7)8)15-11-12-16-30(2)18-14-20-32(4)22-24-38-34(6)26-36(42)28-40(38,9)10/h11-20,35-36,41-42H,25-28H2,1-10H3/b12-11+,17-13+,18-14+,29-15+,30-16+,31-19-,32-20+/t35-,36-/m1/s1. The highest BCUT2D eigenvalue weighted by Gasteiger charge is 2.33. The molecule has 2 aliphatic rings. The van der Waals surface area contributed by atoms with Gasteiger partial charge in [0.1, 0.15) is 0 Å². The van der Waals surface area contributed by atoms with Crippen molar-refractivity contribution in [1.29, 1.82) is 0 Å². The minimum absolute atomic E-state index is 0.0840. The van der Waals surface area contributed by atoms with E-state index in [1.165, 1.54) is 11.1 Å². The lowest BCUT2D eigenvalue weighted by atomic mass is 9.72. The minimum atomic E-state index is -0.263. The zero-order valence-electron chi connectivity index (χ0n) is 27.7. The SMILES string of the molecule is CC1=C(C#C\C(C)=C/C=C/C(C)=C/C=C/C=C(C)/C=C/C=C(\C)C#CC2=C(C)C[C@@H](O)CC2(C)C)C(C)(C)C[C@H](O)C1. The summed E-state index contributed by atoms with van der Waals surface area (Å²) in [7, 11) is 0. The number of aliphatic hydroxyl groups is 2. The van der Waals surface area contributed by atoms with Gasteiger partial charge in [-0.25, -0.2) is 0 Å². The zero-order valence-corrected chi connectivity index (χ0v) is 27.7. The van der Waals surface area contributed by atoms with E-state index in [1.807, 2.05) is 50.3 Å². The Kier molecular flexibility index (Phi) is 13.1. The monoisotopic (exact) mass is 564 g/mol. The van der Waals surface area contributed by atoms with Gasteiger partial charge < -0.3 is 10.2 Å². The average molecular weight is 565 g/mol. The lowest BCUT2D eigenvalue weighted by molar-refractivity contribution is 0.116. The summed E-state index contributed by atoms with van der Waals surface area (Å²) in [5.74, 6) is 13.3. The molecular weight excluding hydrogens is 512 g/mol. The fourth-order valence-corrected chi connectivity index (χ4v) is 5.76. The van der Waals surface area contributed by atoms with Crippen molar-refractivity contribution >= 4 is 0 Å². The first kappa shape index (κ1) is 34.9. The summed E-state index contributed by atoms with van der Waals surface area (Å²) >= 11 is 0. The Bertz CT molecular complexity index is 1290. The Morgan fingerprint density at radius 3 is 1.31 bits per heavy atom. The second kappa shape index (κ2) is 15.8. The van der Waals surface area contributed by atoms with Crippen LogP contribution in [0.15, 0.2) is 105 Å². The Morgan fingerprint density at radius 2 is 0.976 bits per heavy atom. The Balaban J connectivity index is 1.93. The second-order valence-electron chi connectivity index (χ2n) is 13.3. The second-order valence-corrected chi connectivity index (χ2v) is 13.3. The molecule has 0 radical (unpaired) electrons. The molecule has 0 saturated carbocycles. The van der Waals surface area contributed by atoms with Crippen LogP contribution < -0.4 is 0 Å². The van der Waals surface area contributed by atoms with E-state index >= 15 is 0 Å². The van der Waals surface area contributed by atoms with Crippen molar-refractivity contribution in [3.05, 3.63) is 105 Å². The highest BCUT2D eigenvalue weighted by molar-refractivity contribution is 5.46. The van der Waals surface area contributed by atoms with E-state index in [1.54, 1.807) is 0 Å². The highest BCUT2D eigenvalue weighted by Crippen LogP contribution is 2.40. The Labute approximate surface area is 256 Å². The van der Waals surface area contributed by atoms with Gasteiger partial charge in [0.2, 0.25) is 0 Å². The first-order chi connectivity index (χ1) is 19.6. The van der Waals surface area contributed by atoms with Gasteiger partial charge in [-0.15, -0.1) is 0 Å². The van der Waals surface area contributed by atoms with Gasteiger partial charge in [0.15, 0.2) is 0 Å². The quantitative estimate of drug-likeness (QED) is 0.249. The molecule has 0 saturated heterocycles. The molecule has 0 bridgehead atoms. The van der Waals surface area contributed by atoms with Crippen LogP contribution in [0.3, 0.4) is 0 Å². The molecule has 42 heavy (non-hydrogen) atoms. The van der Waals surface area contributed by atoms with Crippen molar-refractivity contribution in [2.45, 2.75) is 107 Å². The third kappa shape index (κ3) is 11.5. The van der Waals surface area contributed by atoms with Gasteiger partial charge in [-0.1, -0.05) is 134 Å². The third-order valence-electron chi connectivity index (χ3n) is 7.79. The van der Waals surface area contributed by atoms with E-state index in [-0.39, 0.29) is 23.0 Å². The van der Waals surface area contributed by atoms with E-state index in [0.29, 0.717) is 0 Å². The van der Waals surface area contributed by atoms with Crippen LogP contribution in [0.2, 0.25) is 0 Å². The van der Waals surface area contributed by atoms with Crippen LogP contribution in [-0.2, 0) is 0 Å². The predicted molar refractivity (Wildman–Crippen MR) is 181 cm³/mol. The summed E-state index contributed by atoms with van der Waals surface area (Å²) in [5, 5.41) is 20.2. The van der Waals surface area contributed by atoms with E-state index < -0.39 is 0 Å². The van der Waals surface area contributed by atoms with Gasteiger partial charge in [-0.05, 0) is 78.4 Å². The molecule has 0 aromatic carbocycles. The summed E-state index contributed by atoms with van der Waals surface area (Å²) in [4.78, 5) is 0. The number of hydrogen-bond donors (Lipinski definition) is 2. The first-order valence-electron chi connectivity index (χ1n) is 15.1. The normalized spacial score (nSPS) is 23.9. The molecule has 0 heterocycles. The van der Waals surface area contributed by atoms with E-state index in [4.69, 9.17) is 0 Å². The predicted octanol–water partition coefficient (Wildman–Crippen LogP) is 9.44. The molecule has 0 amide bonds. The van der Waals surface area contributed by atoms with Crippen LogP contribution in [-0.4, -0.2) is 22.4 Å². The van der Waals surface area contributed by atoms with E-state index in [2.05, 4.69) is 103 Å². The van der Waals surface area contributed by atoms with Crippen LogP contribution >= 0.6 is 0 Å². The highest BCUT2D eigenvalue weighted by atomic mass is 16.3. The number of rotatable bonds is 6. The van der Waals surface area contributed by atoms with Gasteiger partial charge in [-0.2, -0.15) is 0 Å². The molecule has 0 fully saturated rings. The number of hydrogen-bond acceptors (Lipinski definition) is 2. The summed E-state index contributed by atoms with van der Waals surface area (Å²) in [6.07, 6.45) is 23.0. The van der Waals surface area contributed by atoms with Crippen molar-refractivity contribution in [2.75, 3.05) is 0 Å². The molecule has 0 aromatic heterocycles. The van der Waals surface area contributed by atoms with Crippen LogP contribution in [0.1, 0.15) is 94.9 Å². The molecule has 2 aliphatic carbocycles. The third-order valence-corrected chi connectivity index (χ3v) is 7.79. The molecule has 0 unspecified atom stereocenters. The maximum Gasteiger partial charge on any atom is 0.0586 e. The van der Waals surface area contributed by atoms with E-state index in [0.717, 1.165) is 59.1 Å². The van der Waals surface area contributed by atoms with Crippen LogP contribution in [0.5, 0.6) is 0 Å². The molecule has 2 nitrogen and oxygen atoms in total. The molecule has 0 aromatic rings. The van der Waals surface area contributed by atoms with Crippen molar-refractivity contribution in [3.63, 3.8) is 0 Å². The molecule has 2 N–H and O–H groups in total. The lowest BCUT2D eigenvalue weighted by Crippen LogP contribution is -2.28. The molecule has 2 heteroatoms. The fourth-order valence-electron chi connectivity index (χ4n) is 5.76. The molecule has 224 valence electrons. The van der Waals surface area contributed by atoms with Crippen molar-refractivity contribution in [3.8, 4) is 23.7 Å². The lowest BCUT2D eigenvalue weighted by Gasteiger charge is -2.34. The van der Waals surface area contributed by atoms with Crippen LogP contribution in [0.25, 0.3) is 0 Å². The van der Waals surface area contributed by atoms with Gasteiger partial charge in [-0.3, -0.25) is 0 Å². The number of allylic oxidation sites excluding steroid dienone is 16. The summed E-state index contributed by atoms with van der Waals surface area (Å²) < 4.78 is 0. The maximum atomic E-state index is 10.1. The van der Waals surface area contributed by atoms with Gasteiger partial charge in [0.25, 0.3) is 0 Å². The minimum Gasteiger partial charge on any atom is -0.393 e. The molecular formula is C40H52O2. The number of aliphatic hydroxyl groups excluding tert-OH is 2. The topological polar surface area (TPSA) is 40.5 Å². The molecule has 0 spiro atoms. The summed E-state index contributed by atoms with van der Waals surface area (Å²) in [6, 6.07) is 0. The Hall–Kier alpha value is -3.30. The zero-order chi connectivity index (χ0) is 31.5. The average Bonchev–Trinajstić information content (AvgIpc) is 2.84. The van der Waals surface area contributed by atoms with E-state index in [9.17, 15) is 10.2 Å². The fraction of sp³-hybridized carbons (Fsp3) is 0.450. The summed E-state index contributed by atoms with van der Waals surface area (Å²) in [5.41, 5.74) is 8.91. The summed E-state index contributed by atoms with van der Waals surface area (Å²) in [6.45, 7) is 21.1. The maximum absolute atomic E-state index is 10.1. The van der Waals surface area contributed by atoms with Crippen LogP contribution in [0.4, 0.5) is 0 Å². The first-order valence-corrected chi connectivity index (χ1v) is 15.1. The molecule has 2 atom stereocenters. The van der Waals surface area contributed by atoms with Crippen molar-refractivity contribution < 1.29 is 10.2 Å². The molecule has 2 rings (SSSR count). The van der Waals surface area contributed by atoms with Gasteiger partial charge in [0, 0.05) is 22.0 Å². The van der Waals surface area contributed by atoms with Crippen molar-refractivity contribution in [2.24, 2.45) is 10.8 Å². The largest absolute Gasteiger partial charge is 0.393 e. The van der Waals surface area contributed by atoms with Gasteiger partial charge >= 0.3 is 0 Å². The Morgan fingerprint density at radius 1 is 0.619 bits per heavy atom. The smallest absolute Gasteiger partial charge is 0.0586 e. The van der Waals surface area contributed by atoms with Crippen LogP contribution in [0, 0.1) is 34.5 Å². The van der Waals surface area contributed by atoms with Crippen molar-refractivity contribution in [1.82, 2.24) is 0 Å². The molecule has 0 aliphatic heterocycles. The van der Waals surface area contributed by atoms with Gasteiger partial charge in [0.05, 0.1) is 12.2 Å².